The molecule has 0 heterocycles. The molecule has 0 bridgehead atoms. The summed E-state index contributed by atoms with van der Waals surface area (Å²) in [5.74, 6) is 0. The fourth-order valence-electron chi connectivity index (χ4n) is 0.204. The van der Waals surface area contributed by atoms with E-state index in [1.165, 1.54) is 19.0 Å². The van der Waals surface area contributed by atoms with Gasteiger partial charge in [-0.2, -0.15) is 0 Å². The van der Waals surface area contributed by atoms with Crippen LogP contribution in [-0.2, 0) is 17.2 Å². The van der Waals surface area contributed by atoms with Crippen molar-refractivity contribution in [2.24, 2.45) is 0 Å². The van der Waals surface area contributed by atoms with Gasteiger partial charge in [0.05, 0.1) is 0 Å². The Hall–Kier alpha value is 1.57. The Labute approximate surface area is 65.7 Å². The number of hydrogen-bond donors (Lipinski definition) is 0. The fraction of sp³-hybridized carbons (Fsp3) is 1.00. The zero-order chi connectivity index (χ0) is 6.12. The van der Waals surface area contributed by atoms with Gasteiger partial charge in [0.2, 0.25) is 0 Å². The van der Waals surface area contributed by atoms with Crippen LogP contribution in [-0.4, -0.2) is 6.16 Å². The SMILES string of the molecule is CCCCP.[Br][Pd]. The maximum absolute atomic E-state index is 2.79. The van der Waals surface area contributed by atoms with Gasteiger partial charge in [0, 0.05) is 0 Å². The van der Waals surface area contributed by atoms with Crippen molar-refractivity contribution in [1.29, 1.82) is 0 Å². The first-order valence-electron chi connectivity index (χ1n) is 2.23. The van der Waals surface area contributed by atoms with Crippen molar-refractivity contribution < 1.29 is 17.2 Å². The van der Waals surface area contributed by atoms with Crippen LogP contribution in [0.15, 0.2) is 0 Å². The average Bonchev–Trinajstić information content (AvgIpc) is 1.75. The van der Waals surface area contributed by atoms with Crippen LogP contribution in [0.3, 0.4) is 0 Å². The van der Waals surface area contributed by atoms with Gasteiger partial charge in [-0.3, -0.25) is 0 Å². The zero-order valence-electron chi connectivity index (χ0n) is 4.39. The Balaban J connectivity index is 0. The van der Waals surface area contributed by atoms with Gasteiger partial charge in [0.1, 0.15) is 0 Å². The van der Waals surface area contributed by atoms with Crippen molar-refractivity contribution >= 4 is 22.7 Å². The van der Waals surface area contributed by atoms with E-state index in [0.717, 1.165) is 0 Å². The van der Waals surface area contributed by atoms with Crippen molar-refractivity contribution in [2.45, 2.75) is 19.8 Å². The molecule has 0 aromatic rings. The summed E-state index contributed by atoms with van der Waals surface area (Å²) in [6.07, 6.45) is 3.94. The second kappa shape index (κ2) is 15.6. The summed E-state index contributed by atoms with van der Waals surface area (Å²) in [7, 11) is 2.70. The van der Waals surface area contributed by atoms with E-state index in [0.29, 0.717) is 0 Å². The molecule has 0 N–H and O–H groups in total. The molecule has 0 rings (SSSR count). The molecule has 1 unspecified atom stereocenters. The van der Waals surface area contributed by atoms with E-state index in [-0.39, 0.29) is 0 Å². The molecule has 0 aromatic heterocycles. The third-order valence-corrected chi connectivity index (χ3v) is 0.966. The molecule has 0 nitrogen and oxygen atoms in total. The molecule has 1 atom stereocenters. The van der Waals surface area contributed by atoms with E-state index < -0.39 is 0 Å². The van der Waals surface area contributed by atoms with Gasteiger partial charge in [-0.25, -0.2) is 0 Å². The van der Waals surface area contributed by atoms with E-state index in [1.54, 1.807) is 0 Å². The predicted octanol–water partition coefficient (Wildman–Crippen LogP) is 2.50. The molecule has 0 radical (unpaired) electrons. The van der Waals surface area contributed by atoms with Crippen molar-refractivity contribution in [3.8, 4) is 0 Å². The van der Waals surface area contributed by atoms with E-state index in [9.17, 15) is 0 Å². The molecule has 0 saturated carbocycles. The molecular weight excluding hydrogens is 265 g/mol. The van der Waals surface area contributed by atoms with Gasteiger partial charge in [-0.05, 0) is 6.16 Å². The molecule has 49 valence electrons. The summed E-state index contributed by atoms with van der Waals surface area (Å²) in [5.41, 5.74) is 0. The Bertz CT molecular complexity index is 19.2. The number of rotatable bonds is 2. The van der Waals surface area contributed by atoms with Crippen LogP contribution in [0.25, 0.3) is 0 Å². The summed E-state index contributed by atoms with van der Waals surface area (Å²) >= 11 is 5.35. The summed E-state index contributed by atoms with van der Waals surface area (Å²) in [6, 6.07) is 0. The quantitative estimate of drug-likeness (QED) is 0.537. The summed E-state index contributed by atoms with van der Waals surface area (Å²) < 4.78 is 0. The van der Waals surface area contributed by atoms with Crippen LogP contribution in [0.5, 0.6) is 0 Å². The first kappa shape index (κ1) is 11.4. The molecule has 0 fully saturated rings. The van der Waals surface area contributed by atoms with Gasteiger partial charge in [-0.15, -0.1) is 9.24 Å². The second-order valence-corrected chi connectivity index (χ2v) is 1.72. The topological polar surface area (TPSA) is 0 Å². The molecule has 0 aromatic carbocycles. The van der Waals surface area contributed by atoms with Gasteiger partial charge in [-0.1, -0.05) is 19.8 Å². The molecule has 0 amide bonds. The Kier molecular flexibility index (Phi) is 25.4. The number of unbranched alkanes of at least 4 members (excludes halogenated alkanes) is 1. The standard InChI is InChI=1S/C4H11P.BrH.Pd/c1-2-3-4-5;;/h2-5H2,1H3;1H;/q;;+1/p-1. The number of halogens is 1. The predicted molar refractivity (Wildman–Crippen MR) is 38.4 cm³/mol. The summed E-state index contributed by atoms with van der Waals surface area (Å²) in [4.78, 5) is 0. The van der Waals surface area contributed by atoms with E-state index in [4.69, 9.17) is 0 Å². The van der Waals surface area contributed by atoms with Crippen molar-refractivity contribution in [2.75, 3.05) is 6.16 Å². The average molecular weight is 276 g/mol. The van der Waals surface area contributed by atoms with Gasteiger partial charge < -0.3 is 0 Å². The Morgan fingerprint density at radius 1 is 1.57 bits per heavy atom. The Morgan fingerprint density at radius 2 is 2.00 bits per heavy atom. The van der Waals surface area contributed by atoms with E-state index >= 15 is 0 Å². The van der Waals surface area contributed by atoms with Gasteiger partial charge in [0.25, 0.3) is 0 Å². The van der Waals surface area contributed by atoms with Crippen LogP contribution < -0.4 is 0 Å². The van der Waals surface area contributed by atoms with Crippen LogP contribution in [0.2, 0.25) is 0 Å². The van der Waals surface area contributed by atoms with Gasteiger partial charge >= 0.3 is 30.6 Å². The summed E-state index contributed by atoms with van der Waals surface area (Å²) in [6.45, 7) is 2.20. The Morgan fingerprint density at radius 3 is 2.00 bits per heavy atom. The monoisotopic (exact) mass is 275 g/mol. The molecule has 0 aliphatic rings. The van der Waals surface area contributed by atoms with Crippen LogP contribution in [0.4, 0.5) is 0 Å². The van der Waals surface area contributed by atoms with Crippen molar-refractivity contribution in [1.82, 2.24) is 0 Å². The molecule has 3 heteroatoms. The minimum absolute atomic E-state index is 1.26. The van der Waals surface area contributed by atoms with Crippen LogP contribution in [0, 0.1) is 0 Å². The maximum atomic E-state index is 2.79. The van der Waals surface area contributed by atoms with E-state index in [2.05, 4.69) is 46.8 Å². The molecule has 0 aliphatic heterocycles. The third-order valence-electron chi connectivity index (χ3n) is 0.558. The number of hydrogen-bond acceptors (Lipinski definition) is 0. The second-order valence-electron chi connectivity index (χ2n) is 1.14. The summed E-state index contributed by atoms with van der Waals surface area (Å²) in [5, 5.41) is 0. The third kappa shape index (κ3) is 18.4. The van der Waals surface area contributed by atoms with Gasteiger partial charge in [0.15, 0.2) is 0 Å². The molecule has 0 saturated heterocycles. The first-order chi connectivity index (χ1) is 3.41. The molecule has 0 aliphatic carbocycles. The van der Waals surface area contributed by atoms with Crippen LogP contribution >= 0.6 is 22.7 Å². The van der Waals surface area contributed by atoms with E-state index in [1.807, 2.05) is 0 Å². The van der Waals surface area contributed by atoms with Crippen molar-refractivity contribution in [3.63, 3.8) is 0 Å². The minimum atomic E-state index is 1.26. The molecule has 7 heavy (non-hydrogen) atoms. The molecular formula is C4H11BrPPd. The van der Waals surface area contributed by atoms with Crippen molar-refractivity contribution in [3.05, 3.63) is 0 Å². The normalized spacial score (nSPS) is 7.00. The zero-order valence-corrected chi connectivity index (χ0v) is 8.69. The fourth-order valence-corrected chi connectivity index (χ4v) is 0.612. The first-order valence-corrected chi connectivity index (χ1v) is 6.61. The molecule has 0 spiro atoms. The van der Waals surface area contributed by atoms with Crippen LogP contribution in [0.1, 0.15) is 19.8 Å².